The van der Waals surface area contributed by atoms with Gasteiger partial charge in [0.1, 0.15) is 0 Å². The quantitative estimate of drug-likeness (QED) is 0.389. The number of rotatable bonds is 4. The Balaban J connectivity index is 0.00000300. The van der Waals surface area contributed by atoms with Crippen molar-refractivity contribution in [3.63, 3.8) is 0 Å². The van der Waals surface area contributed by atoms with Crippen LogP contribution in [0.25, 0.3) is 0 Å². The Bertz CT molecular complexity index is 808. The first-order valence-corrected chi connectivity index (χ1v) is 9.76. The molecule has 0 atom stereocenters. The molecular formula is C22H31IN4O2. The molecule has 1 aromatic heterocycles. The van der Waals surface area contributed by atoms with Crippen LogP contribution >= 0.6 is 24.0 Å². The summed E-state index contributed by atoms with van der Waals surface area (Å²) in [5, 5.41) is 3.52. The number of carbonyl (C=O) groups excluding carboxylic acids is 1. The van der Waals surface area contributed by atoms with Crippen molar-refractivity contribution >= 4 is 35.8 Å². The Morgan fingerprint density at radius 1 is 1.10 bits per heavy atom. The maximum absolute atomic E-state index is 12.4. The molecule has 1 N–H and O–H groups in total. The van der Waals surface area contributed by atoms with Crippen LogP contribution in [0.5, 0.6) is 0 Å². The highest BCUT2D eigenvalue weighted by atomic mass is 127. The van der Waals surface area contributed by atoms with Crippen molar-refractivity contribution in [2.75, 3.05) is 39.8 Å². The molecule has 0 unspecified atom stereocenters. The van der Waals surface area contributed by atoms with E-state index in [1.54, 1.807) is 12.1 Å². The number of piperazine rings is 1. The van der Waals surface area contributed by atoms with E-state index in [4.69, 9.17) is 4.42 Å². The second-order valence-corrected chi connectivity index (χ2v) is 7.91. The highest BCUT2D eigenvalue weighted by Gasteiger charge is 2.26. The number of furan rings is 1. The first kappa shape index (κ1) is 23.3. The normalized spacial score (nSPS) is 15.1. The van der Waals surface area contributed by atoms with E-state index in [0.717, 1.165) is 25.6 Å². The molecule has 0 radical (unpaired) electrons. The summed E-state index contributed by atoms with van der Waals surface area (Å²) in [6, 6.07) is 12.1. The third kappa shape index (κ3) is 5.74. The van der Waals surface area contributed by atoms with E-state index < -0.39 is 0 Å². The molecule has 0 bridgehead atoms. The van der Waals surface area contributed by atoms with Gasteiger partial charge < -0.3 is 19.5 Å². The molecule has 1 amide bonds. The van der Waals surface area contributed by atoms with Crippen molar-refractivity contribution in [2.24, 2.45) is 4.99 Å². The van der Waals surface area contributed by atoms with Gasteiger partial charge in [-0.3, -0.25) is 9.79 Å². The molecule has 1 fully saturated rings. The predicted octanol–water partition coefficient (Wildman–Crippen LogP) is 3.52. The number of benzene rings is 1. The third-order valence-electron chi connectivity index (χ3n) is 5.33. The van der Waals surface area contributed by atoms with Crippen molar-refractivity contribution in [2.45, 2.75) is 26.2 Å². The van der Waals surface area contributed by atoms with Gasteiger partial charge in [0, 0.05) is 45.2 Å². The molecule has 1 saturated heterocycles. The van der Waals surface area contributed by atoms with Crippen LogP contribution in [0.2, 0.25) is 0 Å². The summed E-state index contributed by atoms with van der Waals surface area (Å²) in [7, 11) is 1.81. The van der Waals surface area contributed by atoms with Gasteiger partial charge in [0.15, 0.2) is 11.7 Å². The Kier molecular flexibility index (Phi) is 8.13. The number of nitrogens with zero attached hydrogens (tertiary/aromatic N) is 3. The molecule has 1 aliphatic rings. The van der Waals surface area contributed by atoms with E-state index in [2.05, 4.69) is 60.2 Å². The number of carbonyl (C=O) groups is 1. The Morgan fingerprint density at radius 2 is 1.72 bits per heavy atom. The number of hydrogen-bond donors (Lipinski definition) is 1. The van der Waals surface area contributed by atoms with Gasteiger partial charge in [0.25, 0.3) is 5.91 Å². The van der Waals surface area contributed by atoms with Crippen molar-refractivity contribution in [3.8, 4) is 0 Å². The molecular weight excluding hydrogens is 479 g/mol. The molecule has 6 nitrogen and oxygen atoms in total. The molecule has 158 valence electrons. The van der Waals surface area contributed by atoms with Gasteiger partial charge in [0.05, 0.1) is 6.26 Å². The van der Waals surface area contributed by atoms with Crippen LogP contribution in [0.4, 0.5) is 0 Å². The second kappa shape index (κ2) is 10.1. The fourth-order valence-electron chi connectivity index (χ4n) is 3.42. The highest BCUT2D eigenvalue weighted by molar-refractivity contribution is 14.0. The minimum atomic E-state index is -0.0481. The minimum Gasteiger partial charge on any atom is -0.459 e. The molecule has 1 aliphatic heterocycles. The average molecular weight is 510 g/mol. The SMILES string of the molecule is CN=C(NCC(C)(C)c1ccc(C)cc1)N1CCN(C(=O)c2ccco2)CC1.I. The monoisotopic (exact) mass is 510 g/mol. The van der Waals surface area contributed by atoms with E-state index in [-0.39, 0.29) is 35.3 Å². The Hall–Kier alpha value is -2.03. The molecule has 7 heteroatoms. The van der Waals surface area contributed by atoms with Crippen LogP contribution in [-0.4, -0.2) is 61.4 Å². The summed E-state index contributed by atoms with van der Waals surface area (Å²) < 4.78 is 5.23. The van der Waals surface area contributed by atoms with Crippen LogP contribution < -0.4 is 5.32 Å². The molecule has 2 aromatic rings. The van der Waals surface area contributed by atoms with Gasteiger partial charge in [-0.1, -0.05) is 43.7 Å². The molecule has 0 saturated carbocycles. The zero-order chi connectivity index (χ0) is 20.1. The first-order chi connectivity index (χ1) is 13.4. The molecule has 0 spiro atoms. The van der Waals surface area contributed by atoms with Crippen LogP contribution in [0, 0.1) is 6.92 Å². The highest BCUT2D eigenvalue weighted by Crippen LogP contribution is 2.22. The van der Waals surface area contributed by atoms with Gasteiger partial charge in [-0.15, -0.1) is 24.0 Å². The number of guanidine groups is 1. The van der Waals surface area contributed by atoms with E-state index in [1.165, 1.54) is 17.4 Å². The van der Waals surface area contributed by atoms with E-state index in [9.17, 15) is 4.79 Å². The van der Waals surface area contributed by atoms with Crippen molar-refractivity contribution in [1.82, 2.24) is 15.1 Å². The summed E-state index contributed by atoms with van der Waals surface area (Å²) in [6.45, 7) is 10.2. The predicted molar refractivity (Wildman–Crippen MR) is 127 cm³/mol. The Morgan fingerprint density at radius 3 is 2.28 bits per heavy atom. The lowest BCUT2D eigenvalue weighted by atomic mass is 9.84. The molecule has 0 aliphatic carbocycles. The Labute approximate surface area is 190 Å². The molecule has 29 heavy (non-hydrogen) atoms. The van der Waals surface area contributed by atoms with E-state index in [0.29, 0.717) is 18.8 Å². The fourth-order valence-corrected chi connectivity index (χ4v) is 3.42. The zero-order valence-electron chi connectivity index (χ0n) is 17.6. The van der Waals surface area contributed by atoms with Gasteiger partial charge in [-0.2, -0.15) is 0 Å². The first-order valence-electron chi connectivity index (χ1n) is 9.76. The maximum atomic E-state index is 12.4. The van der Waals surface area contributed by atoms with Crippen molar-refractivity contribution < 1.29 is 9.21 Å². The van der Waals surface area contributed by atoms with Crippen LogP contribution in [-0.2, 0) is 5.41 Å². The maximum Gasteiger partial charge on any atom is 0.289 e. The van der Waals surface area contributed by atoms with Gasteiger partial charge in [-0.25, -0.2) is 0 Å². The average Bonchev–Trinajstić information content (AvgIpc) is 3.23. The summed E-state index contributed by atoms with van der Waals surface area (Å²) >= 11 is 0. The van der Waals surface area contributed by atoms with Crippen LogP contribution in [0.1, 0.15) is 35.5 Å². The number of nitrogens with one attached hydrogen (secondary N) is 1. The van der Waals surface area contributed by atoms with Gasteiger partial charge >= 0.3 is 0 Å². The molecule has 2 heterocycles. The van der Waals surface area contributed by atoms with Gasteiger partial charge in [-0.05, 0) is 24.6 Å². The summed E-state index contributed by atoms with van der Waals surface area (Å²) in [5.74, 6) is 1.23. The largest absolute Gasteiger partial charge is 0.459 e. The zero-order valence-corrected chi connectivity index (χ0v) is 20.0. The summed E-state index contributed by atoms with van der Waals surface area (Å²) in [4.78, 5) is 20.9. The summed E-state index contributed by atoms with van der Waals surface area (Å²) in [6.07, 6.45) is 1.53. The molecule has 1 aromatic carbocycles. The standard InChI is InChI=1S/C22H30N4O2.HI/c1-17-7-9-18(10-8-17)22(2,3)16-24-21(23-4)26-13-11-25(12-14-26)20(27)19-6-5-15-28-19;/h5-10,15H,11-14,16H2,1-4H3,(H,23,24);1H. The lowest BCUT2D eigenvalue weighted by Crippen LogP contribution is -2.54. The van der Waals surface area contributed by atoms with Crippen LogP contribution in [0.15, 0.2) is 52.1 Å². The lowest BCUT2D eigenvalue weighted by Gasteiger charge is -2.37. The number of hydrogen-bond acceptors (Lipinski definition) is 3. The third-order valence-corrected chi connectivity index (χ3v) is 5.33. The van der Waals surface area contributed by atoms with E-state index in [1.807, 2.05) is 11.9 Å². The van der Waals surface area contributed by atoms with Gasteiger partial charge in [0.2, 0.25) is 0 Å². The van der Waals surface area contributed by atoms with Crippen LogP contribution in [0.3, 0.4) is 0 Å². The second-order valence-electron chi connectivity index (χ2n) is 7.91. The number of halogens is 1. The van der Waals surface area contributed by atoms with E-state index >= 15 is 0 Å². The number of aryl methyl sites for hydroxylation is 1. The minimum absolute atomic E-state index is 0. The summed E-state index contributed by atoms with van der Waals surface area (Å²) in [5.41, 5.74) is 2.56. The molecule has 3 rings (SSSR count). The number of amides is 1. The van der Waals surface area contributed by atoms with Crippen molar-refractivity contribution in [1.29, 1.82) is 0 Å². The fraction of sp³-hybridized carbons (Fsp3) is 0.455. The topological polar surface area (TPSA) is 61.1 Å². The van der Waals surface area contributed by atoms with Crippen molar-refractivity contribution in [3.05, 3.63) is 59.5 Å². The lowest BCUT2D eigenvalue weighted by molar-refractivity contribution is 0.0657. The smallest absolute Gasteiger partial charge is 0.289 e. The number of aliphatic imine (C=N–C) groups is 1.